The second kappa shape index (κ2) is 5.31. The molecule has 0 aromatic heterocycles. The average Bonchev–Trinajstić information content (AvgIpc) is 3.03. The second-order valence-corrected chi connectivity index (χ2v) is 5.46. The van der Waals surface area contributed by atoms with Crippen molar-refractivity contribution in [2.75, 3.05) is 13.1 Å². The SMILES string of the molecule is CCN(CC)C(=O)CC1(c2ccccc2)CC1Cl. The molecular weight excluding hydrogens is 246 g/mol. The third-order valence-corrected chi connectivity index (χ3v) is 4.49. The lowest BCUT2D eigenvalue weighted by atomic mass is 9.92. The fourth-order valence-electron chi connectivity index (χ4n) is 2.57. The molecule has 0 radical (unpaired) electrons. The summed E-state index contributed by atoms with van der Waals surface area (Å²) in [6.07, 6.45) is 1.44. The van der Waals surface area contributed by atoms with Crippen LogP contribution in [0.5, 0.6) is 0 Å². The summed E-state index contributed by atoms with van der Waals surface area (Å²) in [5.74, 6) is 0.215. The monoisotopic (exact) mass is 265 g/mol. The maximum atomic E-state index is 12.2. The van der Waals surface area contributed by atoms with Crippen LogP contribution in [0.4, 0.5) is 0 Å². The number of hydrogen-bond acceptors (Lipinski definition) is 1. The van der Waals surface area contributed by atoms with Crippen molar-refractivity contribution in [3.63, 3.8) is 0 Å². The van der Waals surface area contributed by atoms with Crippen molar-refractivity contribution in [3.8, 4) is 0 Å². The highest BCUT2D eigenvalue weighted by Crippen LogP contribution is 2.54. The number of amides is 1. The second-order valence-electron chi connectivity index (χ2n) is 4.94. The van der Waals surface area contributed by atoms with E-state index in [1.807, 2.05) is 36.9 Å². The Hall–Kier alpha value is -1.02. The molecule has 2 rings (SSSR count). The van der Waals surface area contributed by atoms with Gasteiger partial charge in [0.15, 0.2) is 0 Å². The smallest absolute Gasteiger partial charge is 0.223 e. The lowest BCUT2D eigenvalue weighted by molar-refractivity contribution is -0.131. The molecule has 1 saturated carbocycles. The number of carbonyl (C=O) groups excluding carboxylic acids is 1. The highest BCUT2D eigenvalue weighted by atomic mass is 35.5. The Morgan fingerprint density at radius 3 is 2.33 bits per heavy atom. The van der Waals surface area contributed by atoms with Crippen LogP contribution in [-0.2, 0) is 10.2 Å². The quantitative estimate of drug-likeness (QED) is 0.749. The molecule has 0 spiro atoms. The van der Waals surface area contributed by atoms with Gasteiger partial charge in [-0.15, -0.1) is 11.6 Å². The fourth-order valence-corrected chi connectivity index (χ4v) is 3.05. The topological polar surface area (TPSA) is 20.3 Å². The van der Waals surface area contributed by atoms with Crippen LogP contribution in [0.25, 0.3) is 0 Å². The Kier molecular flexibility index (Phi) is 3.96. The van der Waals surface area contributed by atoms with Gasteiger partial charge in [-0.2, -0.15) is 0 Å². The van der Waals surface area contributed by atoms with Gasteiger partial charge in [-0.25, -0.2) is 0 Å². The summed E-state index contributed by atoms with van der Waals surface area (Å²) in [6, 6.07) is 10.2. The summed E-state index contributed by atoms with van der Waals surface area (Å²) in [5.41, 5.74) is 1.08. The van der Waals surface area contributed by atoms with Gasteiger partial charge in [-0.05, 0) is 25.8 Å². The first-order valence-electron chi connectivity index (χ1n) is 6.61. The number of carbonyl (C=O) groups is 1. The van der Waals surface area contributed by atoms with Crippen LogP contribution in [0.2, 0.25) is 0 Å². The van der Waals surface area contributed by atoms with E-state index in [4.69, 9.17) is 11.6 Å². The molecule has 1 amide bonds. The summed E-state index contributed by atoms with van der Waals surface area (Å²) in [5, 5.41) is 0.0967. The molecule has 2 atom stereocenters. The Bertz CT molecular complexity index is 416. The van der Waals surface area contributed by atoms with E-state index in [0.717, 1.165) is 19.5 Å². The van der Waals surface area contributed by atoms with Crippen molar-refractivity contribution >= 4 is 17.5 Å². The molecule has 0 bridgehead atoms. The predicted octanol–water partition coefficient (Wildman–Crippen LogP) is 3.19. The minimum atomic E-state index is -0.123. The molecule has 1 aromatic rings. The van der Waals surface area contributed by atoms with Gasteiger partial charge >= 0.3 is 0 Å². The minimum absolute atomic E-state index is 0.0967. The van der Waals surface area contributed by atoms with E-state index in [9.17, 15) is 4.79 Å². The summed E-state index contributed by atoms with van der Waals surface area (Å²) < 4.78 is 0. The van der Waals surface area contributed by atoms with Gasteiger partial charge in [0.05, 0.1) is 0 Å². The zero-order valence-corrected chi connectivity index (χ0v) is 11.8. The first-order valence-corrected chi connectivity index (χ1v) is 7.05. The third-order valence-electron chi connectivity index (χ3n) is 3.91. The van der Waals surface area contributed by atoms with Gasteiger partial charge in [0.2, 0.25) is 5.91 Å². The predicted molar refractivity (Wildman–Crippen MR) is 74.9 cm³/mol. The number of nitrogens with zero attached hydrogens (tertiary/aromatic N) is 1. The molecule has 2 unspecified atom stereocenters. The van der Waals surface area contributed by atoms with Crippen LogP contribution >= 0.6 is 11.6 Å². The Balaban J connectivity index is 2.14. The number of hydrogen-bond donors (Lipinski definition) is 0. The minimum Gasteiger partial charge on any atom is -0.343 e. The first kappa shape index (κ1) is 13.4. The van der Waals surface area contributed by atoms with Gasteiger partial charge < -0.3 is 4.90 Å². The molecule has 0 aliphatic heterocycles. The average molecular weight is 266 g/mol. The van der Waals surface area contributed by atoms with Crippen molar-refractivity contribution < 1.29 is 4.79 Å². The fraction of sp³-hybridized carbons (Fsp3) is 0.533. The van der Waals surface area contributed by atoms with E-state index < -0.39 is 0 Å². The van der Waals surface area contributed by atoms with Crippen LogP contribution < -0.4 is 0 Å². The van der Waals surface area contributed by atoms with Crippen LogP contribution in [0.15, 0.2) is 30.3 Å². The van der Waals surface area contributed by atoms with Crippen LogP contribution in [0.3, 0.4) is 0 Å². The summed E-state index contributed by atoms with van der Waals surface area (Å²) in [4.78, 5) is 14.1. The molecule has 2 nitrogen and oxygen atoms in total. The maximum Gasteiger partial charge on any atom is 0.223 e. The largest absolute Gasteiger partial charge is 0.343 e. The van der Waals surface area contributed by atoms with Crippen molar-refractivity contribution in [1.82, 2.24) is 4.90 Å². The molecule has 3 heteroatoms. The Morgan fingerprint density at radius 2 is 1.89 bits per heavy atom. The summed E-state index contributed by atoms with van der Waals surface area (Å²) in [7, 11) is 0. The van der Waals surface area contributed by atoms with Crippen molar-refractivity contribution in [1.29, 1.82) is 0 Å². The molecule has 0 saturated heterocycles. The highest BCUT2D eigenvalue weighted by molar-refractivity contribution is 6.24. The molecule has 98 valence electrons. The van der Waals surface area contributed by atoms with Gasteiger partial charge in [-0.1, -0.05) is 30.3 Å². The number of rotatable bonds is 5. The van der Waals surface area contributed by atoms with Crippen molar-refractivity contribution in [3.05, 3.63) is 35.9 Å². The lowest BCUT2D eigenvalue weighted by Gasteiger charge is -2.23. The zero-order chi connectivity index (χ0) is 13.2. The molecule has 1 fully saturated rings. The standard InChI is InChI=1S/C15H20ClNO/c1-3-17(4-2)14(18)11-15(10-13(15)16)12-8-6-5-7-9-12/h5-9,13H,3-4,10-11H2,1-2H3. The van der Waals surface area contributed by atoms with Crippen LogP contribution in [-0.4, -0.2) is 29.3 Å². The van der Waals surface area contributed by atoms with E-state index >= 15 is 0 Å². The van der Waals surface area contributed by atoms with Crippen LogP contribution in [0, 0.1) is 0 Å². The lowest BCUT2D eigenvalue weighted by Crippen LogP contribution is -2.33. The number of halogens is 1. The third kappa shape index (κ3) is 2.39. The van der Waals surface area contributed by atoms with E-state index in [2.05, 4.69) is 12.1 Å². The normalized spacial score (nSPS) is 25.8. The molecule has 18 heavy (non-hydrogen) atoms. The van der Waals surface area contributed by atoms with E-state index in [1.165, 1.54) is 5.56 Å². The molecule has 1 aliphatic carbocycles. The van der Waals surface area contributed by atoms with Gasteiger partial charge in [0, 0.05) is 30.3 Å². The maximum absolute atomic E-state index is 12.2. The first-order chi connectivity index (χ1) is 8.64. The van der Waals surface area contributed by atoms with Gasteiger partial charge in [0.25, 0.3) is 0 Å². The zero-order valence-electron chi connectivity index (χ0n) is 11.0. The molecule has 1 aromatic carbocycles. The molecular formula is C15H20ClNO. The Labute approximate surface area is 114 Å². The van der Waals surface area contributed by atoms with Gasteiger partial charge in [0.1, 0.15) is 0 Å². The number of benzene rings is 1. The molecule has 0 N–H and O–H groups in total. The van der Waals surface area contributed by atoms with E-state index in [-0.39, 0.29) is 16.7 Å². The molecule has 1 aliphatic rings. The number of alkyl halides is 1. The summed E-state index contributed by atoms with van der Waals surface area (Å²) >= 11 is 6.31. The van der Waals surface area contributed by atoms with Crippen molar-refractivity contribution in [2.45, 2.75) is 37.5 Å². The Morgan fingerprint density at radius 1 is 1.33 bits per heavy atom. The highest BCUT2D eigenvalue weighted by Gasteiger charge is 2.55. The van der Waals surface area contributed by atoms with Gasteiger partial charge in [-0.3, -0.25) is 4.79 Å². The molecule has 0 heterocycles. The summed E-state index contributed by atoms with van der Waals surface area (Å²) in [6.45, 7) is 5.57. The van der Waals surface area contributed by atoms with Crippen molar-refractivity contribution in [2.24, 2.45) is 0 Å². The van der Waals surface area contributed by atoms with E-state index in [1.54, 1.807) is 0 Å². The van der Waals surface area contributed by atoms with E-state index in [0.29, 0.717) is 6.42 Å². The van der Waals surface area contributed by atoms with Crippen LogP contribution in [0.1, 0.15) is 32.3 Å².